The minimum absolute atomic E-state index is 0.750. The van der Waals surface area contributed by atoms with Crippen molar-refractivity contribution in [2.45, 2.75) is 39.2 Å². The Labute approximate surface area is 141 Å². The molecular formula is C18H22N6. The molecule has 0 atom stereocenters. The van der Waals surface area contributed by atoms with E-state index in [-0.39, 0.29) is 0 Å². The molecule has 0 bridgehead atoms. The summed E-state index contributed by atoms with van der Waals surface area (Å²) >= 11 is 0. The van der Waals surface area contributed by atoms with E-state index in [1.54, 1.807) is 6.20 Å². The summed E-state index contributed by atoms with van der Waals surface area (Å²) in [6.07, 6.45) is 10.8. The standard InChI is InChI=1S/C18H22N6/c1-13-16(11-21-23-13)12-24(9-7-14-4-2-5-14)18-20-10-15-6-3-8-19-17(15)22-18/h3,6,8,10-11,14H,2,4-5,7,9,12H2,1H3,(H,21,23). The van der Waals surface area contributed by atoms with E-state index in [4.69, 9.17) is 0 Å². The molecule has 4 rings (SSSR count). The molecule has 124 valence electrons. The molecule has 3 aromatic heterocycles. The predicted octanol–water partition coefficient (Wildman–Crippen LogP) is 3.25. The van der Waals surface area contributed by atoms with Crippen LogP contribution in [0, 0.1) is 12.8 Å². The number of hydrogen-bond donors (Lipinski definition) is 1. The average Bonchev–Trinajstić information content (AvgIpc) is 2.97. The lowest BCUT2D eigenvalue weighted by atomic mass is 9.83. The highest BCUT2D eigenvalue weighted by Gasteiger charge is 2.20. The van der Waals surface area contributed by atoms with Crippen LogP contribution < -0.4 is 4.90 Å². The molecule has 6 nitrogen and oxygen atoms in total. The highest BCUT2D eigenvalue weighted by atomic mass is 15.3. The van der Waals surface area contributed by atoms with E-state index in [2.05, 4.69) is 37.0 Å². The summed E-state index contributed by atoms with van der Waals surface area (Å²) in [6.45, 7) is 3.79. The second-order valence-electron chi connectivity index (χ2n) is 6.61. The first kappa shape index (κ1) is 15.1. The van der Waals surface area contributed by atoms with Crippen LogP contribution in [0.15, 0.2) is 30.7 Å². The number of rotatable bonds is 6. The molecule has 0 radical (unpaired) electrons. The maximum absolute atomic E-state index is 4.68. The molecule has 3 heterocycles. The van der Waals surface area contributed by atoms with Crippen LogP contribution in [0.1, 0.15) is 36.9 Å². The van der Waals surface area contributed by atoms with E-state index in [0.717, 1.165) is 41.7 Å². The van der Waals surface area contributed by atoms with Crippen molar-refractivity contribution in [1.29, 1.82) is 0 Å². The molecule has 1 fully saturated rings. The Morgan fingerprint density at radius 1 is 1.25 bits per heavy atom. The van der Waals surface area contributed by atoms with Gasteiger partial charge in [0.2, 0.25) is 5.95 Å². The number of anilines is 1. The minimum atomic E-state index is 0.750. The summed E-state index contributed by atoms with van der Waals surface area (Å²) in [5, 5.41) is 8.12. The average molecular weight is 322 g/mol. The number of aromatic nitrogens is 5. The molecule has 0 saturated heterocycles. The first-order chi connectivity index (χ1) is 11.8. The number of aromatic amines is 1. The zero-order valence-corrected chi connectivity index (χ0v) is 13.9. The number of H-pyrrole nitrogens is 1. The fraction of sp³-hybridized carbons (Fsp3) is 0.444. The Hall–Kier alpha value is -2.50. The number of pyridine rings is 1. The van der Waals surface area contributed by atoms with Gasteiger partial charge in [-0.1, -0.05) is 19.3 Å². The first-order valence-electron chi connectivity index (χ1n) is 8.61. The van der Waals surface area contributed by atoms with Crippen molar-refractivity contribution in [2.75, 3.05) is 11.4 Å². The Kier molecular flexibility index (Phi) is 4.11. The summed E-state index contributed by atoms with van der Waals surface area (Å²) in [5.41, 5.74) is 3.04. The fourth-order valence-corrected chi connectivity index (χ4v) is 3.12. The molecule has 1 N–H and O–H groups in total. The van der Waals surface area contributed by atoms with Gasteiger partial charge in [-0.05, 0) is 31.4 Å². The molecule has 0 aromatic carbocycles. The van der Waals surface area contributed by atoms with Crippen molar-refractivity contribution in [3.63, 3.8) is 0 Å². The second-order valence-corrected chi connectivity index (χ2v) is 6.61. The van der Waals surface area contributed by atoms with Crippen molar-refractivity contribution in [3.05, 3.63) is 42.0 Å². The van der Waals surface area contributed by atoms with Crippen LogP contribution in [0.3, 0.4) is 0 Å². The minimum Gasteiger partial charge on any atom is -0.336 e. The smallest absolute Gasteiger partial charge is 0.227 e. The molecule has 0 amide bonds. The quantitative estimate of drug-likeness (QED) is 0.754. The van der Waals surface area contributed by atoms with Crippen molar-refractivity contribution >= 4 is 17.0 Å². The molecule has 3 aromatic rings. The number of nitrogens with zero attached hydrogens (tertiary/aromatic N) is 5. The van der Waals surface area contributed by atoms with Gasteiger partial charge in [0.25, 0.3) is 0 Å². The molecule has 24 heavy (non-hydrogen) atoms. The normalized spacial score (nSPS) is 14.7. The molecule has 1 aliphatic rings. The zero-order chi connectivity index (χ0) is 16.4. The van der Waals surface area contributed by atoms with Gasteiger partial charge < -0.3 is 4.90 Å². The third-order valence-electron chi connectivity index (χ3n) is 4.95. The Balaban J connectivity index is 1.60. The van der Waals surface area contributed by atoms with Gasteiger partial charge >= 0.3 is 0 Å². The van der Waals surface area contributed by atoms with Crippen molar-refractivity contribution in [3.8, 4) is 0 Å². The Morgan fingerprint density at radius 3 is 2.92 bits per heavy atom. The third-order valence-corrected chi connectivity index (χ3v) is 4.95. The van der Waals surface area contributed by atoms with Crippen molar-refractivity contribution < 1.29 is 0 Å². The van der Waals surface area contributed by atoms with Crippen LogP contribution in [-0.4, -0.2) is 31.7 Å². The number of aryl methyl sites for hydroxylation is 1. The molecular weight excluding hydrogens is 300 g/mol. The predicted molar refractivity (Wildman–Crippen MR) is 93.7 cm³/mol. The number of nitrogens with one attached hydrogen (secondary N) is 1. The summed E-state index contributed by atoms with van der Waals surface area (Å²) < 4.78 is 0. The lowest BCUT2D eigenvalue weighted by molar-refractivity contribution is 0.297. The van der Waals surface area contributed by atoms with Gasteiger partial charge in [0.1, 0.15) is 0 Å². The van der Waals surface area contributed by atoms with Crippen LogP contribution in [0.25, 0.3) is 11.0 Å². The molecule has 0 unspecified atom stereocenters. The van der Waals surface area contributed by atoms with Gasteiger partial charge in [0.15, 0.2) is 5.65 Å². The van der Waals surface area contributed by atoms with E-state index >= 15 is 0 Å². The zero-order valence-electron chi connectivity index (χ0n) is 13.9. The van der Waals surface area contributed by atoms with Gasteiger partial charge in [0, 0.05) is 42.1 Å². The SMILES string of the molecule is Cc1[nH]ncc1CN(CCC1CCC1)c1ncc2cccnc2n1. The first-order valence-corrected chi connectivity index (χ1v) is 8.61. The van der Waals surface area contributed by atoms with Crippen LogP contribution in [0.5, 0.6) is 0 Å². The van der Waals surface area contributed by atoms with E-state index in [1.165, 1.54) is 31.2 Å². The maximum atomic E-state index is 4.68. The van der Waals surface area contributed by atoms with Crippen molar-refractivity contribution in [2.24, 2.45) is 5.92 Å². The topological polar surface area (TPSA) is 70.6 Å². The van der Waals surface area contributed by atoms with Crippen LogP contribution >= 0.6 is 0 Å². The van der Waals surface area contributed by atoms with Crippen molar-refractivity contribution in [1.82, 2.24) is 25.1 Å². The van der Waals surface area contributed by atoms with Crippen LogP contribution in [0.2, 0.25) is 0 Å². The van der Waals surface area contributed by atoms with E-state index in [0.29, 0.717) is 0 Å². The number of fused-ring (bicyclic) bond motifs is 1. The van der Waals surface area contributed by atoms with Gasteiger partial charge in [-0.25, -0.2) is 9.97 Å². The second kappa shape index (κ2) is 6.55. The van der Waals surface area contributed by atoms with Crippen LogP contribution in [0.4, 0.5) is 5.95 Å². The monoisotopic (exact) mass is 322 g/mol. The van der Waals surface area contributed by atoms with E-state index < -0.39 is 0 Å². The largest absolute Gasteiger partial charge is 0.336 e. The molecule has 6 heteroatoms. The van der Waals surface area contributed by atoms with E-state index in [1.807, 2.05) is 24.5 Å². The van der Waals surface area contributed by atoms with Crippen LogP contribution in [-0.2, 0) is 6.54 Å². The summed E-state index contributed by atoms with van der Waals surface area (Å²) in [5.74, 6) is 1.61. The summed E-state index contributed by atoms with van der Waals surface area (Å²) in [7, 11) is 0. The molecule has 0 aliphatic heterocycles. The van der Waals surface area contributed by atoms with Gasteiger partial charge in [0.05, 0.1) is 6.20 Å². The number of hydrogen-bond acceptors (Lipinski definition) is 5. The highest BCUT2D eigenvalue weighted by Crippen LogP contribution is 2.30. The highest BCUT2D eigenvalue weighted by molar-refractivity contribution is 5.74. The molecule has 0 spiro atoms. The lowest BCUT2D eigenvalue weighted by Gasteiger charge is -2.29. The molecule has 1 aliphatic carbocycles. The van der Waals surface area contributed by atoms with Gasteiger partial charge in [-0.2, -0.15) is 10.1 Å². The fourth-order valence-electron chi connectivity index (χ4n) is 3.12. The summed E-state index contributed by atoms with van der Waals surface area (Å²) in [6, 6.07) is 3.90. The third kappa shape index (κ3) is 3.09. The Morgan fingerprint density at radius 2 is 2.17 bits per heavy atom. The lowest BCUT2D eigenvalue weighted by Crippen LogP contribution is -2.29. The Bertz CT molecular complexity index is 823. The van der Waals surface area contributed by atoms with Gasteiger partial charge in [-0.3, -0.25) is 5.10 Å². The maximum Gasteiger partial charge on any atom is 0.227 e. The molecule has 1 saturated carbocycles. The summed E-state index contributed by atoms with van der Waals surface area (Å²) in [4.78, 5) is 15.9. The van der Waals surface area contributed by atoms with Gasteiger partial charge in [-0.15, -0.1) is 0 Å². The van der Waals surface area contributed by atoms with E-state index in [9.17, 15) is 0 Å².